The summed E-state index contributed by atoms with van der Waals surface area (Å²) in [6.45, 7) is 2.09. The Kier molecular flexibility index (Phi) is 6.45. The van der Waals surface area contributed by atoms with Crippen molar-refractivity contribution in [3.8, 4) is 0 Å². The molecule has 0 atom stereocenters. The van der Waals surface area contributed by atoms with E-state index in [1.165, 1.54) is 5.56 Å². The van der Waals surface area contributed by atoms with Gasteiger partial charge in [-0.1, -0.05) is 14.9 Å². The molecule has 8 heavy (non-hydrogen) atoms. The Balaban J connectivity index is 0. The van der Waals surface area contributed by atoms with Crippen molar-refractivity contribution in [3.05, 3.63) is 22.4 Å². The van der Waals surface area contributed by atoms with Crippen LogP contribution in [0.25, 0.3) is 0 Å². The highest BCUT2D eigenvalue weighted by Crippen LogP contribution is 2.01. The van der Waals surface area contributed by atoms with Crippen LogP contribution in [0.2, 0.25) is 0 Å². The van der Waals surface area contributed by atoms with Gasteiger partial charge in [-0.3, -0.25) is 0 Å². The Bertz CT molecular complexity index is 108. The van der Waals surface area contributed by atoms with E-state index in [4.69, 9.17) is 0 Å². The Labute approximate surface area is 56.2 Å². The molecule has 0 saturated carbocycles. The number of thiophene rings is 1. The van der Waals surface area contributed by atoms with Crippen molar-refractivity contribution >= 4 is 11.3 Å². The van der Waals surface area contributed by atoms with Crippen LogP contribution in [0.4, 0.5) is 0 Å². The second kappa shape index (κ2) is 4.85. The molecule has 0 fully saturated rings. The lowest BCUT2D eigenvalue weighted by Gasteiger charge is -1.65. The fourth-order valence-electron chi connectivity index (χ4n) is 0.333. The van der Waals surface area contributed by atoms with Crippen LogP contribution in [0.3, 0.4) is 0 Å². The molecular weight excluding hydrogens is 116 g/mol. The van der Waals surface area contributed by atoms with Crippen molar-refractivity contribution in [1.82, 2.24) is 0 Å². The Morgan fingerprint density at radius 1 is 1.38 bits per heavy atom. The summed E-state index contributed by atoms with van der Waals surface area (Å²) in [5.74, 6) is 0. The maximum Gasteiger partial charge on any atom is -0.00641 e. The third kappa shape index (κ3) is 2.80. The lowest BCUT2D eigenvalue weighted by atomic mass is 10.4. The van der Waals surface area contributed by atoms with Gasteiger partial charge in [-0.05, 0) is 29.3 Å². The fourth-order valence-corrected chi connectivity index (χ4v) is 0.998. The first kappa shape index (κ1) is 10.6. The molecule has 0 saturated heterocycles. The van der Waals surface area contributed by atoms with Crippen molar-refractivity contribution in [2.24, 2.45) is 0 Å². The molecule has 1 aromatic rings. The predicted octanol–water partition coefficient (Wildman–Crippen LogP) is 3.33. The van der Waals surface area contributed by atoms with E-state index in [0.29, 0.717) is 0 Å². The van der Waals surface area contributed by atoms with E-state index in [1.54, 1.807) is 11.3 Å². The normalized spacial score (nSPS) is 6.62. The van der Waals surface area contributed by atoms with Gasteiger partial charge >= 0.3 is 0 Å². The first-order chi connectivity index (χ1) is 2.89. The van der Waals surface area contributed by atoms with Crippen molar-refractivity contribution < 1.29 is 0 Å². The number of hydrogen-bond acceptors (Lipinski definition) is 1. The van der Waals surface area contributed by atoms with Gasteiger partial charge in [0, 0.05) is 0 Å². The average molecular weight is 130 g/mol. The van der Waals surface area contributed by atoms with Crippen molar-refractivity contribution in [2.45, 2.75) is 21.8 Å². The molecule has 0 aliphatic heterocycles. The largest absolute Gasteiger partial charge is 0.152 e. The molecule has 0 radical (unpaired) electrons. The minimum Gasteiger partial charge on any atom is -0.152 e. The molecule has 0 nitrogen and oxygen atoms in total. The van der Waals surface area contributed by atoms with E-state index in [2.05, 4.69) is 23.8 Å². The SMILES string of the molecule is C.C.Cc1ccsc1. The summed E-state index contributed by atoms with van der Waals surface area (Å²) >= 11 is 1.74. The second-order valence-electron chi connectivity index (χ2n) is 1.30. The van der Waals surface area contributed by atoms with Gasteiger partial charge in [0.25, 0.3) is 0 Å². The Hall–Kier alpha value is -0.300. The molecule has 1 rings (SSSR count). The van der Waals surface area contributed by atoms with Gasteiger partial charge in [-0.15, -0.1) is 0 Å². The average Bonchev–Trinajstić information content (AvgIpc) is 1.86. The molecule has 1 heteroatoms. The van der Waals surface area contributed by atoms with Crippen LogP contribution in [-0.2, 0) is 0 Å². The maximum atomic E-state index is 2.12. The van der Waals surface area contributed by atoms with E-state index in [1.807, 2.05) is 0 Å². The van der Waals surface area contributed by atoms with Crippen LogP contribution in [0.1, 0.15) is 20.4 Å². The van der Waals surface area contributed by atoms with E-state index < -0.39 is 0 Å². The van der Waals surface area contributed by atoms with Crippen LogP contribution in [0, 0.1) is 6.92 Å². The molecule has 48 valence electrons. The molecule has 0 unspecified atom stereocenters. The zero-order valence-corrected chi connectivity index (χ0v) is 4.46. The predicted molar refractivity (Wildman–Crippen MR) is 42.5 cm³/mol. The summed E-state index contributed by atoms with van der Waals surface area (Å²) in [6, 6.07) is 2.10. The molecule has 0 spiro atoms. The molecule has 1 heterocycles. The highest BCUT2D eigenvalue weighted by atomic mass is 32.1. The summed E-state index contributed by atoms with van der Waals surface area (Å²) in [6.07, 6.45) is 0. The number of aryl methyl sites for hydroxylation is 1. The van der Waals surface area contributed by atoms with Crippen molar-refractivity contribution in [2.75, 3.05) is 0 Å². The molecule has 0 amide bonds. The number of hydrogen-bond donors (Lipinski definition) is 0. The zero-order valence-electron chi connectivity index (χ0n) is 3.64. The first-order valence-corrected chi connectivity index (χ1v) is 2.82. The van der Waals surface area contributed by atoms with Gasteiger partial charge in [0.2, 0.25) is 0 Å². The van der Waals surface area contributed by atoms with E-state index in [-0.39, 0.29) is 14.9 Å². The van der Waals surface area contributed by atoms with Gasteiger partial charge < -0.3 is 0 Å². The smallest absolute Gasteiger partial charge is 0.00641 e. The summed E-state index contributed by atoms with van der Waals surface area (Å²) < 4.78 is 0. The van der Waals surface area contributed by atoms with E-state index in [0.717, 1.165) is 0 Å². The molecular formula is C7H14S. The Morgan fingerprint density at radius 3 is 2.12 bits per heavy atom. The second-order valence-corrected chi connectivity index (χ2v) is 2.08. The van der Waals surface area contributed by atoms with Gasteiger partial charge in [0.05, 0.1) is 0 Å². The van der Waals surface area contributed by atoms with Crippen LogP contribution in [0.5, 0.6) is 0 Å². The monoisotopic (exact) mass is 130 g/mol. The molecule has 0 aromatic carbocycles. The minimum atomic E-state index is 0. The lowest BCUT2D eigenvalue weighted by Crippen LogP contribution is -1.47. The van der Waals surface area contributed by atoms with Crippen molar-refractivity contribution in [3.63, 3.8) is 0 Å². The van der Waals surface area contributed by atoms with Crippen molar-refractivity contribution in [1.29, 1.82) is 0 Å². The molecule has 0 aliphatic rings. The number of rotatable bonds is 0. The van der Waals surface area contributed by atoms with Crippen LogP contribution < -0.4 is 0 Å². The maximum absolute atomic E-state index is 2.12. The molecule has 0 bridgehead atoms. The minimum absolute atomic E-state index is 0. The van der Waals surface area contributed by atoms with E-state index in [9.17, 15) is 0 Å². The summed E-state index contributed by atoms with van der Waals surface area (Å²) in [5, 5.41) is 4.20. The van der Waals surface area contributed by atoms with Crippen LogP contribution in [0.15, 0.2) is 16.8 Å². The summed E-state index contributed by atoms with van der Waals surface area (Å²) in [5.41, 5.74) is 1.36. The highest BCUT2D eigenvalue weighted by Gasteiger charge is 1.74. The molecule has 1 aromatic heterocycles. The molecule has 0 N–H and O–H groups in total. The first-order valence-electron chi connectivity index (χ1n) is 1.88. The van der Waals surface area contributed by atoms with Gasteiger partial charge in [-0.2, -0.15) is 11.3 Å². The Morgan fingerprint density at radius 2 is 2.00 bits per heavy atom. The van der Waals surface area contributed by atoms with Gasteiger partial charge in [-0.25, -0.2) is 0 Å². The molecule has 0 aliphatic carbocycles. The summed E-state index contributed by atoms with van der Waals surface area (Å²) in [7, 11) is 0. The third-order valence-electron chi connectivity index (χ3n) is 0.663. The van der Waals surface area contributed by atoms with E-state index >= 15 is 0 Å². The zero-order chi connectivity index (χ0) is 4.41. The standard InChI is InChI=1S/C5H6S.2CH4/c1-5-2-3-6-4-5;;/h2-4H,1H3;2*1H4. The summed E-state index contributed by atoms with van der Waals surface area (Å²) in [4.78, 5) is 0. The van der Waals surface area contributed by atoms with Crippen LogP contribution >= 0.6 is 11.3 Å². The lowest BCUT2D eigenvalue weighted by molar-refractivity contribution is 1.56. The third-order valence-corrected chi connectivity index (χ3v) is 1.46. The topological polar surface area (TPSA) is 0 Å². The quantitative estimate of drug-likeness (QED) is 0.505. The fraction of sp³-hybridized carbons (Fsp3) is 0.429. The van der Waals surface area contributed by atoms with Crippen LogP contribution in [-0.4, -0.2) is 0 Å². The highest BCUT2D eigenvalue weighted by molar-refractivity contribution is 7.07. The van der Waals surface area contributed by atoms with Gasteiger partial charge in [0.15, 0.2) is 0 Å². The van der Waals surface area contributed by atoms with Gasteiger partial charge in [0.1, 0.15) is 0 Å².